The summed E-state index contributed by atoms with van der Waals surface area (Å²) in [5.41, 5.74) is 2.79. The van der Waals surface area contributed by atoms with E-state index in [0.717, 1.165) is 22.7 Å². The van der Waals surface area contributed by atoms with Gasteiger partial charge in [0.1, 0.15) is 23.5 Å². The molecule has 94 valence electrons. The number of allylic oxidation sites excluding steroid dienone is 1. The number of aromatic nitrogens is 2. The van der Waals surface area contributed by atoms with Crippen LogP contribution in [0.2, 0.25) is 0 Å². The topological polar surface area (TPSA) is 78.5 Å². The lowest BCUT2D eigenvalue weighted by Crippen LogP contribution is -1.99. The van der Waals surface area contributed by atoms with Gasteiger partial charge in [-0.2, -0.15) is 10.5 Å². The van der Waals surface area contributed by atoms with Crippen LogP contribution in [0.1, 0.15) is 22.7 Å². The SMILES string of the molecule is Cc1cc(-n2c(C)cc(C=C(C#N)C#N)c2C)no1. The van der Waals surface area contributed by atoms with E-state index in [1.54, 1.807) is 6.08 Å². The third-order valence-electron chi connectivity index (χ3n) is 2.86. The maximum absolute atomic E-state index is 8.80. The van der Waals surface area contributed by atoms with E-state index in [2.05, 4.69) is 5.16 Å². The summed E-state index contributed by atoms with van der Waals surface area (Å²) in [6.07, 6.45) is 1.58. The monoisotopic (exact) mass is 252 g/mol. The standard InChI is InChI=1S/C14H12N4O/c1-9-4-13(6-12(7-15)8-16)11(3)18(9)14-5-10(2)19-17-14/h4-6H,1-3H3. The summed E-state index contributed by atoms with van der Waals surface area (Å²) >= 11 is 0. The molecule has 2 aromatic rings. The van der Waals surface area contributed by atoms with Gasteiger partial charge in [-0.1, -0.05) is 5.16 Å². The highest BCUT2D eigenvalue weighted by molar-refractivity contribution is 5.65. The van der Waals surface area contributed by atoms with Crippen molar-refractivity contribution < 1.29 is 4.52 Å². The minimum absolute atomic E-state index is 0.0802. The van der Waals surface area contributed by atoms with Gasteiger partial charge in [-0.3, -0.25) is 4.57 Å². The molecule has 0 aliphatic carbocycles. The van der Waals surface area contributed by atoms with Crippen LogP contribution in [0.5, 0.6) is 0 Å². The number of rotatable bonds is 2. The molecular weight excluding hydrogens is 240 g/mol. The van der Waals surface area contributed by atoms with E-state index in [-0.39, 0.29) is 5.57 Å². The second kappa shape index (κ2) is 4.83. The van der Waals surface area contributed by atoms with Crippen molar-refractivity contribution in [3.63, 3.8) is 0 Å². The molecule has 0 aliphatic heterocycles. The predicted molar refractivity (Wildman–Crippen MR) is 69.2 cm³/mol. The van der Waals surface area contributed by atoms with E-state index in [1.165, 1.54) is 0 Å². The average Bonchev–Trinajstić information content (AvgIpc) is 2.91. The van der Waals surface area contributed by atoms with E-state index in [0.29, 0.717) is 5.82 Å². The highest BCUT2D eigenvalue weighted by atomic mass is 16.5. The van der Waals surface area contributed by atoms with Crippen molar-refractivity contribution in [2.75, 3.05) is 0 Å². The summed E-state index contributed by atoms with van der Waals surface area (Å²) in [7, 11) is 0. The van der Waals surface area contributed by atoms with E-state index in [1.807, 2.05) is 49.6 Å². The van der Waals surface area contributed by atoms with Crippen molar-refractivity contribution in [3.8, 4) is 18.0 Å². The minimum Gasteiger partial charge on any atom is -0.360 e. The predicted octanol–water partition coefficient (Wildman–Crippen LogP) is 2.82. The Morgan fingerprint density at radius 2 is 1.95 bits per heavy atom. The van der Waals surface area contributed by atoms with Gasteiger partial charge in [0.2, 0.25) is 0 Å². The third-order valence-corrected chi connectivity index (χ3v) is 2.86. The fourth-order valence-corrected chi connectivity index (χ4v) is 1.99. The molecule has 0 amide bonds. The van der Waals surface area contributed by atoms with Crippen LogP contribution in [0.3, 0.4) is 0 Å². The Balaban J connectivity index is 2.56. The van der Waals surface area contributed by atoms with Gasteiger partial charge in [0.05, 0.1) is 0 Å². The quantitative estimate of drug-likeness (QED) is 0.770. The summed E-state index contributed by atoms with van der Waals surface area (Å²) in [5, 5.41) is 21.6. The van der Waals surface area contributed by atoms with Crippen LogP contribution in [0.25, 0.3) is 11.9 Å². The maximum Gasteiger partial charge on any atom is 0.180 e. The molecular formula is C14H12N4O. The molecule has 0 N–H and O–H groups in total. The molecule has 0 unspecified atom stereocenters. The van der Waals surface area contributed by atoms with Crippen molar-refractivity contribution in [2.24, 2.45) is 0 Å². The largest absolute Gasteiger partial charge is 0.360 e. The molecule has 0 aliphatic rings. The summed E-state index contributed by atoms with van der Waals surface area (Å²) in [4.78, 5) is 0. The lowest BCUT2D eigenvalue weighted by molar-refractivity contribution is 0.394. The fourth-order valence-electron chi connectivity index (χ4n) is 1.99. The van der Waals surface area contributed by atoms with E-state index >= 15 is 0 Å². The normalized spacial score (nSPS) is 9.74. The van der Waals surface area contributed by atoms with E-state index in [4.69, 9.17) is 15.0 Å². The Hall–Kier alpha value is -2.79. The zero-order valence-corrected chi connectivity index (χ0v) is 10.9. The van der Waals surface area contributed by atoms with E-state index in [9.17, 15) is 0 Å². The lowest BCUT2D eigenvalue weighted by atomic mass is 10.2. The molecule has 19 heavy (non-hydrogen) atoms. The van der Waals surface area contributed by atoms with Crippen LogP contribution >= 0.6 is 0 Å². The maximum atomic E-state index is 8.80. The van der Waals surface area contributed by atoms with Crippen molar-refractivity contribution >= 4 is 6.08 Å². The van der Waals surface area contributed by atoms with Crippen LogP contribution in [-0.2, 0) is 0 Å². The number of nitrogens with zero attached hydrogens (tertiary/aromatic N) is 4. The van der Waals surface area contributed by atoms with Gasteiger partial charge in [-0.05, 0) is 38.5 Å². The fraction of sp³-hybridized carbons (Fsp3) is 0.214. The van der Waals surface area contributed by atoms with Gasteiger partial charge >= 0.3 is 0 Å². The van der Waals surface area contributed by atoms with Crippen LogP contribution in [0.4, 0.5) is 0 Å². The van der Waals surface area contributed by atoms with Crippen LogP contribution < -0.4 is 0 Å². The van der Waals surface area contributed by atoms with Crippen LogP contribution in [0, 0.1) is 43.4 Å². The smallest absolute Gasteiger partial charge is 0.180 e. The van der Waals surface area contributed by atoms with Crippen molar-refractivity contribution in [3.05, 3.63) is 40.4 Å². The van der Waals surface area contributed by atoms with E-state index < -0.39 is 0 Å². The van der Waals surface area contributed by atoms with Gasteiger partial charge in [-0.25, -0.2) is 0 Å². The van der Waals surface area contributed by atoms with Gasteiger partial charge in [0, 0.05) is 17.5 Å². The van der Waals surface area contributed by atoms with Gasteiger partial charge in [0.25, 0.3) is 0 Å². The first-order chi connectivity index (χ1) is 9.06. The Kier molecular flexibility index (Phi) is 3.22. The Labute approximate surface area is 111 Å². The van der Waals surface area contributed by atoms with Gasteiger partial charge in [0.15, 0.2) is 5.82 Å². The molecule has 0 fully saturated rings. The second-order valence-corrected chi connectivity index (χ2v) is 4.24. The van der Waals surface area contributed by atoms with Crippen molar-refractivity contribution in [1.82, 2.24) is 9.72 Å². The first-order valence-electron chi connectivity index (χ1n) is 5.71. The molecule has 2 rings (SSSR count). The third kappa shape index (κ3) is 2.27. The summed E-state index contributed by atoms with van der Waals surface area (Å²) in [6, 6.07) is 7.46. The highest BCUT2D eigenvalue weighted by Gasteiger charge is 2.12. The molecule has 2 aromatic heterocycles. The molecule has 0 saturated carbocycles. The minimum atomic E-state index is 0.0802. The number of hydrogen-bond donors (Lipinski definition) is 0. The number of hydrogen-bond acceptors (Lipinski definition) is 4. The molecule has 2 heterocycles. The zero-order chi connectivity index (χ0) is 14.0. The highest BCUT2D eigenvalue weighted by Crippen LogP contribution is 2.22. The first kappa shape index (κ1) is 12.7. The molecule has 0 spiro atoms. The molecule has 0 aromatic carbocycles. The van der Waals surface area contributed by atoms with Gasteiger partial charge in [-0.15, -0.1) is 0 Å². The van der Waals surface area contributed by atoms with Crippen molar-refractivity contribution in [2.45, 2.75) is 20.8 Å². The second-order valence-electron chi connectivity index (χ2n) is 4.24. The molecule has 0 saturated heterocycles. The molecule has 5 heteroatoms. The first-order valence-corrected chi connectivity index (χ1v) is 5.71. The van der Waals surface area contributed by atoms with Crippen LogP contribution in [0.15, 0.2) is 22.2 Å². The Bertz CT molecular complexity index is 719. The molecule has 0 radical (unpaired) electrons. The Morgan fingerprint density at radius 3 is 2.47 bits per heavy atom. The number of aryl methyl sites for hydroxylation is 2. The van der Waals surface area contributed by atoms with Gasteiger partial charge < -0.3 is 4.52 Å². The number of nitriles is 2. The van der Waals surface area contributed by atoms with Crippen LogP contribution in [-0.4, -0.2) is 9.72 Å². The molecule has 0 atom stereocenters. The Morgan fingerprint density at radius 1 is 1.26 bits per heavy atom. The molecule has 0 bridgehead atoms. The van der Waals surface area contributed by atoms with Crippen molar-refractivity contribution in [1.29, 1.82) is 10.5 Å². The summed E-state index contributed by atoms with van der Waals surface area (Å²) in [5.74, 6) is 1.43. The molecule has 5 nitrogen and oxygen atoms in total. The summed E-state index contributed by atoms with van der Waals surface area (Å²) in [6.45, 7) is 5.68. The summed E-state index contributed by atoms with van der Waals surface area (Å²) < 4.78 is 7.00. The average molecular weight is 252 g/mol. The lowest BCUT2D eigenvalue weighted by Gasteiger charge is -2.03. The zero-order valence-electron chi connectivity index (χ0n) is 10.9.